The minimum absolute atomic E-state index is 0.125. The molecule has 0 aromatic carbocycles. The van der Waals surface area contributed by atoms with Gasteiger partial charge in [0.1, 0.15) is 0 Å². The quantitative estimate of drug-likeness (QED) is 0.654. The molecule has 3 rings (SSSR count). The zero-order valence-electron chi connectivity index (χ0n) is 17.3. The number of carbonyl (C=O) groups excluding carboxylic acids is 1. The molecule has 0 atom stereocenters. The number of aromatic nitrogens is 3. The van der Waals surface area contributed by atoms with Crippen molar-refractivity contribution in [2.45, 2.75) is 64.8 Å². The Morgan fingerprint density at radius 3 is 2.59 bits per heavy atom. The van der Waals surface area contributed by atoms with Crippen LogP contribution in [-0.4, -0.2) is 27.2 Å². The van der Waals surface area contributed by atoms with Gasteiger partial charge in [0, 0.05) is 43.0 Å². The van der Waals surface area contributed by atoms with Gasteiger partial charge in [-0.25, -0.2) is 4.68 Å². The van der Waals surface area contributed by atoms with Crippen LogP contribution in [0.15, 0.2) is 41.5 Å². The average molecular weight is 397 g/mol. The van der Waals surface area contributed by atoms with Crippen LogP contribution in [-0.2, 0) is 11.3 Å². The van der Waals surface area contributed by atoms with Crippen LogP contribution in [0.2, 0.25) is 0 Å². The van der Waals surface area contributed by atoms with Gasteiger partial charge in [-0.3, -0.25) is 14.6 Å². The molecule has 0 bridgehead atoms. The summed E-state index contributed by atoms with van der Waals surface area (Å²) in [5.41, 5.74) is 1.55. The second-order valence-corrected chi connectivity index (χ2v) is 8.02. The summed E-state index contributed by atoms with van der Waals surface area (Å²) < 4.78 is 1.47. The molecule has 1 amide bonds. The third kappa shape index (κ3) is 6.24. The largest absolute Gasteiger partial charge is 0.356 e. The van der Waals surface area contributed by atoms with E-state index in [1.807, 2.05) is 12.1 Å². The molecule has 2 heterocycles. The number of nitrogens with one attached hydrogen (secondary N) is 1. The molecule has 6 heteroatoms. The lowest BCUT2D eigenvalue weighted by molar-refractivity contribution is -0.126. The predicted octanol–water partition coefficient (Wildman–Crippen LogP) is 3.81. The van der Waals surface area contributed by atoms with Crippen molar-refractivity contribution in [2.24, 2.45) is 11.8 Å². The molecule has 0 aliphatic heterocycles. The second-order valence-electron chi connectivity index (χ2n) is 8.02. The van der Waals surface area contributed by atoms with Crippen molar-refractivity contribution in [2.75, 3.05) is 6.54 Å². The Bertz CT molecular complexity index is 826. The normalized spacial score (nSPS) is 19.1. The first-order valence-electron chi connectivity index (χ1n) is 10.9. The highest BCUT2D eigenvalue weighted by Gasteiger charge is 2.25. The fourth-order valence-electron chi connectivity index (χ4n) is 4.08. The van der Waals surface area contributed by atoms with Gasteiger partial charge in [-0.1, -0.05) is 26.2 Å². The topological polar surface area (TPSA) is 76.9 Å². The lowest BCUT2D eigenvalue weighted by Crippen LogP contribution is -2.34. The zero-order valence-corrected chi connectivity index (χ0v) is 17.3. The highest BCUT2D eigenvalue weighted by Crippen LogP contribution is 2.31. The standard InChI is InChI=1S/C23H32N4O2/c1-2-3-5-18-6-8-20(9-7-18)23(29)25-14-4-17-27-22(28)11-10-21(26-27)19-12-15-24-16-13-19/h10-13,15-16,18,20H,2-9,14,17H2,1H3,(H,25,29). The number of carbonyl (C=O) groups is 1. The van der Waals surface area contributed by atoms with E-state index in [1.165, 1.54) is 36.8 Å². The molecule has 1 aliphatic rings. The summed E-state index contributed by atoms with van der Waals surface area (Å²) in [4.78, 5) is 28.5. The van der Waals surface area contributed by atoms with Gasteiger partial charge in [-0.15, -0.1) is 0 Å². The molecule has 2 aromatic heterocycles. The van der Waals surface area contributed by atoms with E-state index in [0.717, 1.165) is 30.0 Å². The summed E-state index contributed by atoms with van der Waals surface area (Å²) >= 11 is 0. The molecule has 0 unspecified atom stereocenters. The Morgan fingerprint density at radius 1 is 1.10 bits per heavy atom. The van der Waals surface area contributed by atoms with Crippen LogP contribution in [0.1, 0.15) is 58.3 Å². The molecule has 1 saturated carbocycles. The summed E-state index contributed by atoms with van der Waals surface area (Å²) in [6, 6.07) is 7.01. The Morgan fingerprint density at radius 2 is 1.86 bits per heavy atom. The Labute approximate surface area is 172 Å². The van der Waals surface area contributed by atoms with Gasteiger partial charge >= 0.3 is 0 Å². The molecule has 1 N–H and O–H groups in total. The van der Waals surface area contributed by atoms with Gasteiger partial charge in [0.15, 0.2) is 0 Å². The van der Waals surface area contributed by atoms with Crippen LogP contribution in [0.3, 0.4) is 0 Å². The summed E-state index contributed by atoms with van der Waals surface area (Å²) in [5, 5.41) is 7.50. The summed E-state index contributed by atoms with van der Waals surface area (Å²) in [7, 11) is 0. The van der Waals surface area contributed by atoms with Crippen LogP contribution < -0.4 is 10.9 Å². The molecular formula is C23H32N4O2. The van der Waals surface area contributed by atoms with Crippen molar-refractivity contribution in [1.82, 2.24) is 20.1 Å². The lowest BCUT2D eigenvalue weighted by Gasteiger charge is -2.27. The lowest BCUT2D eigenvalue weighted by atomic mass is 9.79. The fraction of sp³-hybridized carbons (Fsp3) is 0.565. The van der Waals surface area contributed by atoms with E-state index < -0.39 is 0 Å². The smallest absolute Gasteiger partial charge is 0.266 e. The van der Waals surface area contributed by atoms with Crippen LogP contribution >= 0.6 is 0 Å². The SMILES string of the molecule is CCCCC1CCC(C(=O)NCCCn2nc(-c3ccncc3)ccc2=O)CC1. The molecule has 1 aliphatic carbocycles. The molecule has 1 fully saturated rings. The number of nitrogens with zero attached hydrogens (tertiary/aromatic N) is 3. The van der Waals surface area contributed by atoms with Crippen LogP contribution in [0.25, 0.3) is 11.3 Å². The van der Waals surface area contributed by atoms with E-state index >= 15 is 0 Å². The van der Waals surface area contributed by atoms with Crippen molar-refractivity contribution in [3.8, 4) is 11.3 Å². The number of hydrogen-bond donors (Lipinski definition) is 1. The summed E-state index contributed by atoms with van der Waals surface area (Å²) in [5.74, 6) is 1.14. The maximum Gasteiger partial charge on any atom is 0.266 e. The molecule has 29 heavy (non-hydrogen) atoms. The minimum Gasteiger partial charge on any atom is -0.356 e. The van der Waals surface area contributed by atoms with Gasteiger partial charge < -0.3 is 5.32 Å². The van der Waals surface area contributed by atoms with Crippen molar-refractivity contribution in [1.29, 1.82) is 0 Å². The average Bonchev–Trinajstić information content (AvgIpc) is 2.77. The highest BCUT2D eigenvalue weighted by atomic mass is 16.2. The van der Waals surface area contributed by atoms with Crippen LogP contribution in [0.4, 0.5) is 0 Å². The van der Waals surface area contributed by atoms with Gasteiger partial charge in [0.05, 0.1) is 5.69 Å². The van der Waals surface area contributed by atoms with Crippen molar-refractivity contribution >= 4 is 5.91 Å². The molecule has 2 aromatic rings. The van der Waals surface area contributed by atoms with Crippen LogP contribution in [0.5, 0.6) is 0 Å². The first-order chi connectivity index (χ1) is 14.2. The Balaban J connectivity index is 1.43. The minimum atomic E-state index is -0.125. The summed E-state index contributed by atoms with van der Waals surface area (Å²) in [6.45, 7) is 3.29. The third-order valence-corrected chi connectivity index (χ3v) is 5.87. The molecular weight excluding hydrogens is 364 g/mol. The molecule has 6 nitrogen and oxygen atoms in total. The van der Waals surface area contributed by atoms with E-state index in [1.54, 1.807) is 24.5 Å². The maximum atomic E-state index is 12.4. The molecule has 156 valence electrons. The molecule has 0 spiro atoms. The first kappa shape index (κ1) is 21.2. The fourth-order valence-corrected chi connectivity index (χ4v) is 4.08. The number of amides is 1. The van der Waals surface area contributed by atoms with E-state index in [4.69, 9.17) is 0 Å². The number of hydrogen-bond acceptors (Lipinski definition) is 4. The van der Waals surface area contributed by atoms with Gasteiger partial charge in [0.25, 0.3) is 5.56 Å². The van der Waals surface area contributed by atoms with Crippen molar-refractivity contribution < 1.29 is 4.79 Å². The highest BCUT2D eigenvalue weighted by molar-refractivity contribution is 5.78. The predicted molar refractivity (Wildman–Crippen MR) is 114 cm³/mol. The van der Waals surface area contributed by atoms with Crippen molar-refractivity contribution in [3.63, 3.8) is 0 Å². The number of aryl methyl sites for hydroxylation is 1. The van der Waals surface area contributed by atoms with Gasteiger partial charge in [0.2, 0.25) is 5.91 Å². The van der Waals surface area contributed by atoms with Crippen LogP contribution in [0, 0.1) is 11.8 Å². The van der Waals surface area contributed by atoms with Gasteiger partial charge in [-0.2, -0.15) is 5.10 Å². The van der Waals surface area contributed by atoms with E-state index in [2.05, 4.69) is 22.3 Å². The molecule has 0 radical (unpaired) electrons. The second kappa shape index (κ2) is 10.9. The number of pyridine rings is 1. The monoisotopic (exact) mass is 396 g/mol. The van der Waals surface area contributed by atoms with E-state index in [-0.39, 0.29) is 17.4 Å². The van der Waals surface area contributed by atoms with Crippen molar-refractivity contribution in [3.05, 3.63) is 47.0 Å². The maximum absolute atomic E-state index is 12.4. The van der Waals surface area contributed by atoms with E-state index in [0.29, 0.717) is 19.5 Å². The van der Waals surface area contributed by atoms with E-state index in [9.17, 15) is 9.59 Å². The number of unbranched alkanes of at least 4 members (excludes halogenated alkanes) is 1. The molecule has 0 saturated heterocycles. The first-order valence-corrected chi connectivity index (χ1v) is 10.9. The Kier molecular flexibility index (Phi) is 7.96. The third-order valence-electron chi connectivity index (χ3n) is 5.87. The zero-order chi connectivity index (χ0) is 20.5. The summed E-state index contributed by atoms with van der Waals surface area (Å²) in [6.07, 6.45) is 12.3. The Hall–Kier alpha value is -2.50. The number of rotatable bonds is 9. The van der Waals surface area contributed by atoms with Gasteiger partial charge in [-0.05, 0) is 56.2 Å².